The number of hydrogen-bond acceptors (Lipinski definition) is 5. The summed E-state index contributed by atoms with van der Waals surface area (Å²) in [6, 6.07) is 18.1. The van der Waals surface area contributed by atoms with Crippen molar-refractivity contribution in [2.75, 3.05) is 0 Å². The smallest absolute Gasteiger partial charge is 0.292 e. The van der Waals surface area contributed by atoms with Crippen molar-refractivity contribution in [2.45, 2.75) is 39.7 Å². The van der Waals surface area contributed by atoms with Crippen molar-refractivity contribution >= 4 is 15.9 Å². The lowest BCUT2D eigenvalue weighted by Crippen LogP contribution is -2.25. The van der Waals surface area contributed by atoms with Gasteiger partial charge in [0.2, 0.25) is 0 Å². The molecule has 2 aromatic carbocycles. The van der Waals surface area contributed by atoms with E-state index < -0.39 is 0 Å². The first kappa shape index (κ1) is 23.9. The number of pyridine rings is 1. The molecule has 0 fully saturated rings. The lowest BCUT2D eigenvalue weighted by molar-refractivity contribution is 0.673. The molecule has 36 heavy (non-hydrogen) atoms. The van der Waals surface area contributed by atoms with Gasteiger partial charge >= 0.3 is 5.69 Å². The van der Waals surface area contributed by atoms with E-state index in [0.29, 0.717) is 18.1 Å². The standard InChI is InChI=1S/C27H26BrN7O/c1-3-4-8-21-17-35(25-18(2)7-5-10-23(25)28)27(36)34(21)16-19-11-13-20(14-12-19)22-9-6-15-29-24(22)26-30-32-33-31-26/h5-7,9-15,17H,3-4,8,16H2,1-2H3,(H,30,31,32,33). The highest BCUT2D eigenvalue weighted by atomic mass is 79.9. The van der Waals surface area contributed by atoms with Gasteiger partial charge in [-0.05, 0) is 74.9 Å². The Morgan fingerprint density at radius 2 is 1.89 bits per heavy atom. The molecular formula is C27H26BrN7O. The molecule has 0 aliphatic rings. The van der Waals surface area contributed by atoms with Gasteiger partial charge in [0, 0.05) is 28.1 Å². The minimum absolute atomic E-state index is 0.0347. The largest absolute Gasteiger partial charge is 0.333 e. The summed E-state index contributed by atoms with van der Waals surface area (Å²) in [6.45, 7) is 4.69. The van der Waals surface area contributed by atoms with Gasteiger partial charge < -0.3 is 0 Å². The molecule has 0 unspecified atom stereocenters. The lowest BCUT2D eigenvalue weighted by atomic mass is 10.0. The number of halogens is 1. The molecule has 0 spiro atoms. The Bertz CT molecular complexity index is 1520. The SMILES string of the molecule is CCCCc1cn(-c2c(C)cccc2Br)c(=O)n1Cc1ccc(-c2cccnc2-c2nnn[nH]2)cc1. The average Bonchev–Trinajstić information content (AvgIpc) is 3.53. The number of hydrogen-bond donors (Lipinski definition) is 1. The van der Waals surface area contributed by atoms with Crippen LogP contribution in [-0.4, -0.2) is 34.7 Å². The quantitative estimate of drug-likeness (QED) is 0.285. The number of nitrogens with one attached hydrogen (secondary N) is 1. The van der Waals surface area contributed by atoms with Crippen molar-refractivity contribution in [2.24, 2.45) is 0 Å². The summed E-state index contributed by atoms with van der Waals surface area (Å²) >= 11 is 3.63. The van der Waals surface area contributed by atoms with Gasteiger partial charge in [0.15, 0.2) is 5.82 Å². The fraction of sp³-hybridized carbons (Fsp3) is 0.222. The number of tetrazole rings is 1. The zero-order valence-corrected chi connectivity index (χ0v) is 21.7. The fourth-order valence-corrected chi connectivity index (χ4v) is 5.06. The van der Waals surface area contributed by atoms with E-state index in [2.05, 4.69) is 60.6 Å². The predicted octanol–water partition coefficient (Wildman–Crippen LogP) is 5.34. The van der Waals surface area contributed by atoms with Crippen LogP contribution in [-0.2, 0) is 13.0 Å². The number of benzene rings is 2. The molecule has 5 rings (SSSR count). The summed E-state index contributed by atoms with van der Waals surface area (Å²) in [7, 11) is 0. The molecule has 1 N–H and O–H groups in total. The van der Waals surface area contributed by atoms with Crippen molar-refractivity contribution in [3.05, 3.63) is 98.8 Å². The van der Waals surface area contributed by atoms with E-state index in [1.54, 1.807) is 10.8 Å². The molecule has 0 aliphatic carbocycles. The van der Waals surface area contributed by atoms with Crippen LogP contribution in [0, 0.1) is 6.92 Å². The number of aromatic nitrogens is 7. The summed E-state index contributed by atoms with van der Waals surface area (Å²) in [5.41, 5.74) is 6.60. The van der Waals surface area contributed by atoms with Gasteiger partial charge in [-0.3, -0.25) is 14.1 Å². The summed E-state index contributed by atoms with van der Waals surface area (Å²) in [5, 5.41) is 14.1. The second-order valence-corrected chi connectivity index (χ2v) is 9.57. The molecule has 0 saturated heterocycles. The van der Waals surface area contributed by atoms with Crippen LogP contribution in [0.3, 0.4) is 0 Å². The molecule has 0 amide bonds. The molecule has 3 aromatic heterocycles. The van der Waals surface area contributed by atoms with Crippen LogP contribution in [0.2, 0.25) is 0 Å². The Morgan fingerprint density at radius 1 is 1.06 bits per heavy atom. The number of para-hydroxylation sites is 1. The lowest BCUT2D eigenvalue weighted by Gasteiger charge is -2.10. The van der Waals surface area contributed by atoms with E-state index in [1.807, 2.05) is 60.2 Å². The second kappa shape index (κ2) is 10.4. The van der Waals surface area contributed by atoms with Crippen molar-refractivity contribution < 1.29 is 0 Å². The number of nitrogens with zero attached hydrogens (tertiary/aromatic N) is 6. The van der Waals surface area contributed by atoms with Crippen molar-refractivity contribution in [3.8, 4) is 28.3 Å². The number of imidazole rings is 1. The Labute approximate surface area is 217 Å². The topological polar surface area (TPSA) is 94.3 Å². The average molecular weight is 544 g/mol. The Hall–Kier alpha value is -3.85. The van der Waals surface area contributed by atoms with E-state index in [0.717, 1.165) is 57.4 Å². The van der Waals surface area contributed by atoms with Gasteiger partial charge in [-0.2, -0.15) is 0 Å². The molecule has 0 bridgehead atoms. The molecule has 0 radical (unpaired) electrons. The van der Waals surface area contributed by atoms with Crippen LogP contribution >= 0.6 is 15.9 Å². The van der Waals surface area contributed by atoms with E-state index in [-0.39, 0.29) is 5.69 Å². The Morgan fingerprint density at radius 3 is 2.61 bits per heavy atom. The van der Waals surface area contributed by atoms with E-state index in [4.69, 9.17) is 0 Å². The molecule has 0 aliphatic heterocycles. The highest BCUT2D eigenvalue weighted by Crippen LogP contribution is 2.28. The molecule has 0 saturated carbocycles. The van der Waals surface area contributed by atoms with Crippen molar-refractivity contribution in [1.82, 2.24) is 34.7 Å². The number of rotatable bonds is 8. The highest BCUT2D eigenvalue weighted by Gasteiger charge is 2.17. The number of aromatic amines is 1. The molecule has 8 nitrogen and oxygen atoms in total. The third kappa shape index (κ3) is 4.66. The molecule has 3 heterocycles. The van der Waals surface area contributed by atoms with Crippen LogP contribution in [0.25, 0.3) is 28.3 Å². The maximum atomic E-state index is 13.6. The van der Waals surface area contributed by atoms with Gasteiger partial charge in [-0.25, -0.2) is 9.89 Å². The molecule has 9 heteroatoms. The van der Waals surface area contributed by atoms with Crippen LogP contribution in [0.15, 0.2) is 76.3 Å². The zero-order valence-electron chi connectivity index (χ0n) is 20.1. The third-order valence-electron chi connectivity index (χ3n) is 6.26. The highest BCUT2D eigenvalue weighted by molar-refractivity contribution is 9.10. The van der Waals surface area contributed by atoms with E-state index >= 15 is 0 Å². The van der Waals surface area contributed by atoms with Crippen molar-refractivity contribution in [1.29, 1.82) is 0 Å². The van der Waals surface area contributed by atoms with Gasteiger partial charge in [-0.1, -0.05) is 55.8 Å². The summed E-state index contributed by atoms with van der Waals surface area (Å²) in [4.78, 5) is 18.1. The van der Waals surface area contributed by atoms with E-state index in [1.165, 1.54) is 0 Å². The van der Waals surface area contributed by atoms with Gasteiger partial charge in [-0.15, -0.1) is 5.10 Å². The number of aryl methyl sites for hydroxylation is 2. The van der Waals surface area contributed by atoms with Crippen LogP contribution in [0.5, 0.6) is 0 Å². The third-order valence-corrected chi connectivity index (χ3v) is 6.90. The fourth-order valence-electron chi connectivity index (χ4n) is 4.40. The Balaban J connectivity index is 1.49. The Kier molecular flexibility index (Phi) is 6.90. The van der Waals surface area contributed by atoms with Crippen LogP contribution in [0.4, 0.5) is 0 Å². The molecule has 182 valence electrons. The first-order valence-electron chi connectivity index (χ1n) is 11.9. The second-order valence-electron chi connectivity index (χ2n) is 8.71. The first-order valence-corrected chi connectivity index (χ1v) is 12.7. The minimum Gasteiger partial charge on any atom is -0.292 e. The maximum absolute atomic E-state index is 13.6. The summed E-state index contributed by atoms with van der Waals surface area (Å²) in [5.74, 6) is 0.519. The zero-order chi connectivity index (χ0) is 25.1. The van der Waals surface area contributed by atoms with Gasteiger partial charge in [0.25, 0.3) is 0 Å². The van der Waals surface area contributed by atoms with Gasteiger partial charge in [0.1, 0.15) is 5.69 Å². The van der Waals surface area contributed by atoms with Crippen molar-refractivity contribution in [3.63, 3.8) is 0 Å². The van der Waals surface area contributed by atoms with Gasteiger partial charge in [0.05, 0.1) is 12.2 Å². The molecular weight excluding hydrogens is 518 g/mol. The molecule has 0 atom stereocenters. The minimum atomic E-state index is -0.0347. The predicted molar refractivity (Wildman–Crippen MR) is 143 cm³/mol. The van der Waals surface area contributed by atoms with E-state index in [9.17, 15) is 4.79 Å². The van der Waals surface area contributed by atoms with Crippen LogP contribution in [0.1, 0.15) is 36.6 Å². The molecule has 5 aromatic rings. The summed E-state index contributed by atoms with van der Waals surface area (Å²) in [6.07, 6.45) is 6.66. The van der Waals surface area contributed by atoms with Crippen LogP contribution < -0.4 is 5.69 Å². The number of unbranched alkanes of at least 4 members (excludes halogenated alkanes) is 1. The maximum Gasteiger partial charge on any atom is 0.333 e. The number of H-pyrrole nitrogens is 1. The monoisotopic (exact) mass is 543 g/mol. The normalized spacial score (nSPS) is 11.2. The first-order chi connectivity index (χ1) is 17.6. The summed E-state index contributed by atoms with van der Waals surface area (Å²) < 4.78 is 4.56.